The quantitative estimate of drug-likeness (QED) is 0.124. The fourth-order valence-corrected chi connectivity index (χ4v) is 3.00. The molecule has 0 aliphatic rings. The van der Waals surface area contributed by atoms with E-state index in [9.17, 15) is 19.5 Å². The van der Waals surface area contributed by atoms with Gasteiger partial charge in [-0.05, 0) is 44.9 Å². The first-order valence-corrected chi connectivity index (χ1v) is 13.4. The van der Waals surface area contributed by atoms with Gasteiger partial charge in [-0.1, -0.05) is 93.7 Å². The van der Waals surface area contributed by atoms with E-state index in [4.69, 9.17) is 9.84 Å². The summed E-state index contributed by atoms with van der Waals surface area (Å²) in [6.07, 6.45) is 30.3. The Hall–Kier alpha value is -3.19. The van der Waals surface area contributed by atoms with Crippen molar-refractivity contribution < 1.29 is 29.3 Å². The van der Waals surface area contributed by atoms with E-state index in [0.29, 0.717) is 6.42 Å². The van der Waals surface area contributed by atoms with E-state index in [1.807, 2.05) is 12.2 Å². The van der Waals surface area contributed by atoms with Crippen molar-refractivity contribution in [3.05, 3.63) is 72.9 Å². The Morgan fingerprint density at radius 3 is 1.66 bits per heavy atom. The molecule has 0 fully saturated rings. The maximum atomic E-state index is 12.0. The van der Waals surface area contributed by atoms with E-state index in [2.05, 4.69) is 73.0 Å². The van der Waals surface area contributed by atoms with Crippen LogP contribution in [0.2, 0.25) is 0 Å². The molecule has 38 heavy (non-hydrogen) atoms. The molecule has 1 atom stereocenters. The highest BCUT2D eigenvalue weighted by molar-refractivity contribution is 5.81. The lowest BCUT2D eigenvalue weighted by molar-refractivity contribution is -0.153. The van der Waals surface area contributed by atoms with Gasteiger partial charge in [0.25, 0.3) is 0 Å². The molecule has 7 heteroatoms. The third-order valence-electron chi connectivity index (χ3n) is 5.34. The van der Waals surface area contributed by atoms with Crippen molar-refractivity contribution in [2.45, 2.75) is 84.7 Å². The molecule has 7 nitrogen and oxygen atoms in total. The Morgan fingerprint density at radius 1 is 0.763 bits per heavy atom. The number of aliphatic carboxylic acids is 1. The molecule has 0 saturated heterocycles. The van der Waals surface area contributed by atoms with Crippen LogP contribution in [-0.4, -0.2) is 47.3 Å². The van der Waals surface area contributed by atoms with E-state index in [1.54, 1.807) is 13.8 Å². The fourth-order valence-electron chi connectivity index (χ4n) is 3.00. The molecule has 0 aromatic carbocycles. The van der Waals surface area contributed by atoms with Gasteiger partial charge in [-0.3, -0.25) is 14.4 Å². The van der Waals surface area contributed by atoms with Crippen LogP contribution in [0.4, 0.5) is 0 Å². The SMILES string of the molecule is CC/C=C\C/C=C\C/C=C\C/C=C\C/C=C\C/C=C\CCC(=O)OCC(C)(C)[C@@H](O)C(=O)NCCC(=O)O. The van der Waals surface area contributed by atoms with Crippen LogP contribution < -0.4 is 5.32 Å². The predicted octanol–water partition coefficient (Wildman–Crippen LogP) is 5.99. The van der Waals surface area contributed by atoms with Gasteiger partial charge < -0.3 is 20.3 Å². The molecular weight excluding hydrogens is 482 g/mol. The van der Waals surface area contributed by atoms with Gasteiger partial charge in [0.15, 0.2) is 0 Å². The fraction of sp³-hybridized carbons (Fsp3) is 0.516. The number of amides is 1. The topological polar surface area (TPSA) is 113 Å². The van der Waals surface area contributed by atoms with Crippen molar-refractivity contribution in [3.8, 4) is 0 Å². The van der Waals surface area contributed by atoms with Crippen LogP contribution in [-0.2, 0) is 19.1 Å². The summed E-state index contributed by atoms with van der Waals surface area (Å²) in [6.45, 7) is 5.15. The number of allylic oxidation sites excluding steroid dienone is 12. The summed E-state index contributed by atoms with van der Waals surface area (Å²) in [5, 5.41) is 21.2. The average Bonchev–Trinajstić information content (AvgIpc) is 2.88. The monoisotopic (exact) mass is 529 g/mol. The van der Waals surface area contributed by atoms with E-state index in [-0.39, 0.29) is 26.0 Å². The Balaban J connectivity index is 3.94. The summed E-state index contributed by atoms with van der Waals surface area (Å²) in [7, 11) is 0. The summed E-state index contributed by atoms with van der Waals surface area (Å²) in [4.78, 5) is 34.4. The third kappa shape index (κ3) is 20.9. The smallest absolute Gasteiger partial charge is 0.306 e. The van der Waals surface area contributed by atoms with E-state index in [1.165, 1.54) is 0 Å². The number of rotatable bonds is 21. The standard InChI is InChI=1S/C31H47NO6/c1-4-5-6-7-8-9-10-11-12-13-14-15-16-17-18-19-20-21-22-23-28(35)38-26-31(2,3)29(36)30(37)32-25-24-27(33)34/h5-6,8-9,11-12,14-15,17-18,20-21,29,36H,4,7,10,13,16,19,22-26H2,1-3H3,(H,32,37)(H,33,34)/b6-5-,9-8-,12-11-,15-14-,18-17-,21-20-/t29-/m0/s1. The summed E-state index contributed by atoms with van der Waals surface area (Å²) >= 11 is 0. The number of nitrogens with one attached hydrogen (secondary N) is 1. The molecule has 0 unspecified atom stereocenters. The van der Waals surface area contributed by atoms with Gasteiger partial charge in [-0.25, -0.2) is 0 Å². The molecular formula is C31H47NO6. The first-order valence-electron chi connectivity index (χ1n) is 13.4. The van der Waals surface area contributed by atoms with Crippen LogP contribution in [0.25, 0.3) is 0 Å². The minimum atomic E-state index is -1.42. The molecule has 0 radical (unpaired) electrons. The minimum Gasteiger partial charge on any atom is -0.481 e. The van der Waals surface area contributed by atoms with Crippen LogP contribution in [0.15, 0.2) is 72.9 Å². The van der Waals surface area contributed by atoms with Crippen molar-refractivity contribution in [1.82, 2.24) is 5.32 Å². The Bertz CT molecular complexity index is 848. The summed E-state index contributed by atoms with van der Waals surface area (Å²) in [5.74, 6) is -2.14. The molecule has 0 heterocycles. The normalized spacial score (nSPS) is 13.6. The molecule has 0 saturated carbocycles. The van der Waals surface area contributed by atoms with Crippen LogP contribution in [0.5, 0.6) is 0 Å². The first kappa shape index (κ1) is 34.8. The second kappa shape index (κ2) is 23.0. The number of ether oxygens (including phenoxy) is 1. The zero-order valence-electron chi connectivity index (χ0n) is 23.3. The zero-order chi connectivity index (χ0) is 28.5. The van der Waals surface area contributed by atoms with Crippen molar-refractivity contribution in [2.24, 2.45) is 5.41 Å². The lowest BCUT2D eigenvalue weighted by atomic mass is 9.87. The van der Waals surface area contributed by atoms with Crippen molar-refractivity contribution in [1.29, 1.82) is 0 Å². The van der Waals surface area contributed by atoms with E-state index < -0.39 is 29.4 Å². The maximum absolute atomic E-state index is 12.0. The number of carbonyl (C=O) groups excluding carboxylic acids is 2. The molecule has 0 bridgehead atoms. The van der Waals surface area contributed by atoms with Gasteiger partial charge in [-0.15, -0.1) is 0 Å². The second-order valence-electron chi connectivity index (χ2n) is 9.44. The number of hydrogen-bond donors (Lipinski definition) is 3. The molecule has 0 aromatic rings. The average molecular weight is 530 g/mol. The van der Waals surface area contributed by atoms with Crippen LogP contribution in [0, 0.1) is 5.41 Å². The largest absolute Gasteiger partial charge is 0.481 e. The Morgan fingerprint density at radius 2 is 1.21 bits per heavy atom. The molecule has 0 aliphatic carbocycles. The summed E-state index contributed by atoms with van der Waals surface area (Å²) in [5.41, 5.74) is -1.00. The highest BCUT2D eigenvalue weighted by Crippen LogP contribution is 2.21. The summed E-state index contributed by atoms with van der Waals surface area (Å²) in [6, 6.07) is 0. The summed E-state index contributed by atoms with van der Waals surface area (Å²) < 4.78 is 5.22. The first-order chi connectivity index (χ1) is 18.2. The number of carboxylic acid groups (broad SMARTS) is 1. The van der Waals surface area contributed by atoms with Gasteiger partial charge in [0.2, 0.25) is 5.91 Å². The highest BCUT2D eigenvalue weighted by Gasteiger charge is 2.34. The molecule has 3 N–H and O–H groups in total. The van der Waals surface area contributed by atoms with Gasteiger partial charge in [0.1, 0.15) is 6.10 Å². The number of aliphatic hydroxyl groups excluding tert-OH is 1. The van der Waals surface area contributed by atoms with Crippen LogP contribution >= 0.6 is 0 Å². The second-order valence-corrected chi connectivity index (χ2v) is 9.44. The molecule has 212 valence electrons. The van der Waals surface area contributed by atoms with Gasteiger partial charge in [0, 0.05) is 18.4 Å². The zero-order valence-corrected chi connectivity index (χ0v) is 23.3. The predicted molar refractivity (Wildman–Crippen MR) is 153 cm³/mol. The van der Waals surface area contributed by atoms with Crippen molar-refractivity contribution >= 4 is 17.8 Å². The molecule has 1 amide bonds. The lowest BCUT2D eigenvalue weighted by Crippen LogP contribution is -2.46. The number of esters is 1. The van der Waals surface area contributed by atoms with Gasteiger partial charge >= 0.3 is 11.9 Å². The van der Waals surface area contributed by atoms with Gasteiger partial charge in [-0.2, -0.15) is 0 Å². The molecule has 0 spiro atoms. The van der Waals surface area contributed by atoms with Gasteiger partial charge in [0.05, 0.1) is 13.0 Å². The number of carboxylic acids is 1. The van der Waals surface area contributed by atoms with Crippen LogP contribution in [0.3, 0.4) is 0 Å². The highest BCUT2D eigenvalue weighted by atomic mass is 16.5. The molecule has 0 aliphatic heterocycles. The lowest BCUT2D eigenvalue weighted by Gasteiger charge is -2.28. The maximum Gasteiger partial charge on any atom is 0.306 e. The number of carbonyl (C=O) groups is 3. The van der Waals surface area contributed by atoms with Crippen LogP contribution in [0.1, 0.15) is 78.6 Å². The van der Waals surface area contributed by atoms with E-state index in [0.717, 1.165) is 38.5 Å². The Kier molecular flexibility index (Phi) is 21.0. The number of hydrogen-bond acceptors (Lipinski definition) is 5. The third-order valence-corrected chi connectivity index (χ3v) is 5.34. The van der Waals surface area contributed by atoms with Crippen molar-refractivity contribution in [3.63, 3.8) is 0 Å². The van der Waals surface area contributed by atoms with E-state index >= 15 is 0 Å². The number of aliphatic hydroxyl groups is 1. The van der Waals surface area contributed by atoms with Crippen molar-refractivity contribution in [2.75, 3.05) is 13.2 Å². The molecule has 0 rings (SSSR count). The minimum absolute atomic E-state index is 0.0763. The Labute approximate surface area is 228 Å². The molecule has 0 aromatic heterocycles.